The maximum atomic E-state index is 6.08. The monoisotopic (exact) mass is 304 g/mol. The highest BCUT2D eigenvalue weighted by atomic mass is 79.9. The van der Waals surface area contributed by atoms with E-state index in [4.69, 9.17) is 11.6 Å². The fraction of sp³-hybridized carbons (Fsp3) is 0.500. The fourth-order valence-electron chi connectivity index (χ4n) is 1.52. The van der Waals surface area contributed by atoms with Crippen LogP contribution in [0.25, 0.3) is 0 Å². The molecule has 90 valence electrons. The van der Waals surface area contributed by atoms with Crippen molar-refractivity contribution in [2.24, 2.45) is 0 Å². The number of likely N-dealkylation sites (N-methyl/N-ethyl adjacent to an activating group) is 1. The maximum Gasteiger partial charge on any atom is 0.0638 e. The lowest BCUT2D eigenvalue weighted by atomic mass is 10.3. The van der Waals surface area contributed by atoms with Crippen LogP contribution in [0, 0.1) is 0 Å². The first-order chi connectivity index (χ1) is 7.67. The van der Waals surface area contributed by atoms with Gasteiger partial charge < -0.3 is 10.2 Å². The molecule has 16 heavy (non-hydrogen) atoms. The molecule has 1 aromatic rings. The molecule has 1 rings (SSSR count). The van der Waals surface area contributed by atoms with E-state index in [0.29, 0.717) is 0 Å². The van der Waals surface area contributed by atoms with E-state index >= 15 is 0 Å². The lowest BCUT2D eigenvalue weighted by molar-refractivity contribution is 0.316. The number of nitrogens with zero attached hydrogens (tertiary/aromatic N) is 1. The normalized spacial score (nSPS) is 10.8. The third-order valence-electron chi connectivity index (χ3n) is 2.57. The largest absolute Gasteiger partial charge is 0.383 e. The highest BCUT2D eigenvalue weighted by Gasteiger charge is 2.02. The molecular weight excluding hydrogens is 288 g/mol. The van der Waals surface area contributed by atoms with Gasteiger partial charge in [-0.3, -0.25) is 0 Å². The molecule has 0 bridgehead atoms. The van der Waals surface area contributed by atoms with E-state index in [1.54, 1.807) is 0 Å². The highest BCUT2D eigenvalue weighted by Crippen LogP contribution is 2.25. The van der Waals surface area contributed by atoms with Gasteiger partial charge in [-0.15, -0.1) is 0 Å². The lowest BCUT2D eigenvalue weighted by Gasteiger charge is -2.18. The number of hydrogen-bond donors (Lipinski definition) is 1. The molecular formula is C12H18BrClN2. The van der Waals surface area contributed by atoms with Gasteiger partial charge >= 0.3 is 0 Å². The van der Waals surface area contributed by atoms with Crippen LogP contribution in [-0.2, 0) is 0 Å². The van der Waals surface area contributed by atoms with Crippen molar-refractivity contribution < 1.29 is 0 Å². The Morgan fingerprint density at radius 1 is 1.31 bits per heavy atom. The van der Waals surface area contributed by atoms with Gasteiger partial charge in [0.05, 0.1) is 10.7 Å². The molecule has 0 unspecified atom stereocenters. The molecule has 2 nitrogen and oxygen atoms in total. The van der Waals surface area contributed by atoms with Gasteiger partial charge in [0.2, 0.25) is 0 Å². The van der Waals surface area contributed by atoms with Crippen LogP contribution in [0.15, 0.2) is 22.7 Å². The van der Waals surface area contributed by atoms with E-state index in [1.165, 1.54) is 0 Å². The van der Waals surface area contributed by atoms with E-state index < -0.39 is 0 Å². The van der Waals surface area contributed by atoms with Gasteiger partial charge in [-0.2, -0.15) is 0 Å². The molecule has 0 fully saturated rings. The molecule has 1 aromatic carbocycles. The molecule has 0 radical (unpaired) electrons. The first-order valence-electron chi connectivity index (χ1n) is 5.58. The minimum atomic E-state index is 0.766. The molecule has 0 saturated carbocycles. The molecule has 4 heteroatoms. The van der Waals surface area contributed by atoms with Crippen molar-refractivity contribution in [1.29, 1.82) is 0 Å². The van der Waals surface area contributed by atoms with Crippen LogP contribution in [0.1, 0.15) is 13.8 Å². The zero-order chi connectivity index (χ0) is 12.0. The second kappa shape index (κ2) is 7.15. The number of benzene rings is 1. The van der Waals surface area contributed by atoms with Crippen molar-refractivity contribution in [3.05, 3.63) is 27.7 Å². The Kier molecular flexibility index (Phi) is 6.17. The van der Waals surface area contributed by atoms with Crippen molar-refractivity contribution in [2.75, 3.05) is 31.5 Å². The minimum absolute atomic E-state index is 0.766. The molecule has 0 aliphatic heterocycles. The summed E-state index contributed by atoms with van der Waals surface area (Å²) in [4.78, 5) is 2.37. The van der Waals surface area contributed by atoms with Crippen LogP contribution in [0.3, 0.4) is 0 Å². The summed E-state index contributed by atoms with van der Waals surface area (Å²) in [6.07, 6.45) is 0. The quantitative estimate of drug-likeness (QED) is 0.858. The van der Waals surface area contributed by atoms with Crippen LogP contribution >= 0.6 is 27.5 Å². The first kappa shape index (κ1) is 13.8. The molecule has 1 N–H and O–H groups in total. The predicted molar refractivity (Wildman–Crippen MR) is 75.4 cm³/mol. The Hall–Kier alpha value is -0.250. The predicted octanol–water partition coefficient (Wildman–Crippen LogP) is 3.86. The number of rotatable bonds is 6. The smallest absolute Gasteiger partial charge is 0.0638 e. The van der Waals surface area contributed by atoms with Crippen molar-refractivity contribution >= 4 is 33.2 Å². The van der Waals surface area contributed by atoms with Crippen molar-refractivity contribution in [3.8, 4) is 0 Å². The Bertz CT molecular complexity index is 327. The summed E-state index contributed by atoms with van der Waals surface area (Å²) in [5.74, 6) is 0. The molecule has 0 aliphatic carbocycles. The third kappa shape index (κ3) is 4.32. The van der Waals surface area contributed by atoms with Gasteiger partial charge in [-0.1, -0.05) is 41.4 Å². The summed E-state index contributed by atoms with van der Waals surface area (Å²) < 4.78 is 1.04. The van der Waals surface area contributed by atoms with Crippen molar-refractivity contribution in [2.45, 2.75) is 13.8 Å². The van der Waals surface area contributed by atoms with E-state index in [-0.39, 0.29) is 0 Å². The van der Waals surface area contributed by atoms with E-state index in [0.717, 1.165) is 41.4 Å². The Labute approximate surface area is 111 Å². The van der Waals surface area contributed by atoms with Gasteiger partial charge in [0, 0.05) is 17.6 Å². The van der Waals surface area contributed by atoms with Crippen LogP contribution in [0.5, 0.6) is 0 Å². The Balaban J connectivity index is 2.45. The standard InChI is InChI=1S/C12H18BrClN2/c1-3-16(4-2)8-7-15-12-9-10(13)5-6-11(12)14/h5-6,9,15H,3-4,7-8H2,1-2H3. The number of anilines is 1. The van der Waals surface area contributed by atoms with Gasteiger partial charge in [0.25, 0.3) is 0 Å². The maximum absolute atomic E-state index is 6.08. The zero-order valence-corrected chi connectivity index (χ0v) is 12.1. The summed E-state index contributed by atoms with van der Waals surface area (Å²) in [7, 11) is 0. The van der Waals surface area contributed by atoms with Crippen molar-refractivity contribution in [3.63, 3.8) is 0 Å². The molecule has 0 spiro atoms. The first-order valence-corrected chi connectivity index (χ1v) is 6.75. The minimum Gasteiger partial charge on any atom is -0.383 e. The van der Waals surface area contributed by atoms with Gasteiger partial charge in [-0.25, -0.2) is 0 Å². The Morgan fingerprint density at radius 2 is 2.00 bits per heavy atom. The van der Waals surface area contributed by atoms with E-state index in [9.17, 15) is 0 Å². The molecule has 0 saturated heterocycles. The third-order valence-corrected chi connectivity index (χ3v) is 3.39. The number of nitrogens with one attached hydrogen (secondary N) is 1. The summed E-state index contributed by atoms with van der Waals surface area (Å²) in [6, 6.07) is 5.84. The molecule has 0 atom stereocenters. The SMILES string of the molecule is CCN(CC)CCNc1cc(Br)ccc1Cl. The van der Waals surface area contributed by atoms with Crippen molar-refractivity contribution in [1.82, 2.24) is 4.90 Å². The summed E-state index contributed by atoms with van der Waals surface area (Å²) in [5.41, 5.74) is 0.989. The molecule has 0 aliphatic rings. The molecule has 0 amide bonds. The summed E-state index contributed by atoms with van der Waals surface area (Å²) in [6.45, 7) is 8.48. The van der Waals surface area contributed by atoms with Gasteiger partial charge in [-0.05, 0) is 31.3 Å². The van der Waals surface area contributed by atoms with E-state index in [2.05, 4.69) is 40.0 Å². The zero-order valence-electron chi connectivity index (χ0n) is 9.76. The van der Waals surface area contributed by atoms with Gasteiger partial charge in [0.15, 0.2) is 0 Å². The van der Waals surface area contributed by atoms with Crippen LogP contribution in [0.2, 0.25) is 5.02 Å². The van der Waals surface area contributed by atoms with Crippen LogP contribution in [0.4, 0.5) is 5.69 Å². The topological polar surface area (TPSA) is 15.3 Å². The highest BCUT2D eigenvalue weighted by molar-refractivity contribution is 9.10. The summed E-state index contributed by atoms with van der Waals surface area (Å²) >= 11 is 9.52. The summed E-state index contributed by atoms with van der Waals surface area (Å²) in [5, 5.41) is 4.12. The fourth-order valence-corrected chi connectivity index (χ4v) is 2.07. The van der Waals surface area contributed by atoms with Crippen LogP contribution < -0.4 is 5.32 Å². The van der Waals surface area contributed by atoms with Gasteiger partial charge in [0.1, 0.15) is 0 Å². The Morgan fingerprint density at radius 3 is 2.62 bits per heavy atom. The number of halogens is 2. The van der Waals surface area contributed by atoms with Crippen LogP contribution in [-0.4, -0.2) is 31.1 Å². The average Bonchev–Trinajstić information content (AvgIpc) is 2.29. The van der Waals surface area contributed by atoms with E-state index in [1.807, 2.05) is 18.2 Å². The number of hydrogen-bond acceptors (Lipinski definition) is 2. The second-order valence-electron chi connectivity index (χ2n) is 3.58. The average molecular weight is 306 g/mol. The molecule has 0 aromatic heterocycles. The lowest BCUT2D eigenvalue weighted by Crippen LogP contribution is -2.28. The molecule has 0 heterocycles. The second-order valence-corrected chi connectivity index (χ2v) is 4.90.